The zero-order valence-corrected chi connectivity index (χ0v) is 15.1. The van der Waals surface area contributed by atoms with Crippen LogP contribution in [-0.4, -0.2) is 22.6 Å². The van der Waals surface area contributed by atoms with Crippen molar-refractivity contribution in [1.82, 2.24) is 9.55 Å². The molecule has 0 saturated heterocycles. The van der Waals surface area contributed by atoms with Gasteiger partial charge < -0.3 is 4.74 Å². The van der Waals surface area contributed by atoms with Gasteiger partial charge in [-0.15, -0.1) is 0 Å². The second-order valence-corrected chi connectivity index (χ2v) is 7.32. The summed E-state index contributed by atoms with van der Waals surface area (Å²) in [5.74, 6) is -0.356. The second-order valence-electron chi connectivity index (χ2n) is 6.25. The molecule has 0 radical (unpaired) electrons. The van der Waals surface area contributed by atoms with Gasteiger partial charge in [-0.2, -0.15) is 0 Å². The number of hydrogen-bond donors (Lipinski definition) is 0. The van der Waals surface area contributed by atoms with Gasteiger partial charge in [0.2, 0.25) is 0 Å². The summed E-state index contributed by atoms with van der Waals surface area (Å²) < 4.78 is 6.74. The summed E-state index contributed by atoms with van der Waals surface area (Å²) >= 11 is 1.28. The fraction of sp³-hybridized carbons (Fsp3) is 0.250. The summed E-state index contributed by atoms with van der Waals surface area (Å²) in [4.78, 5) is 30.1. The Balaban J connectivity index is 1.83. The van der Waals surface area contributed by atoms with Crippen molar-refractivity contribution >= 4 is 28.6 Å². The molecule has 6 heteroatoms. The van der Waals surface area contributed by atoms with Crippen molar-refractivity contribution in [2.24, 2.45) is 0 Å². The summed E-state index contributed by atoms with van der Waals surface area (Å²) in [6.45, 7) is 0. The van der Waals surface area contributed by atoms with E-state index in [1.165, 1.54) is 18.9 Å². The second kappa shape index (κ2) is 6.96. The highest BCUT2D eigenvalue weighted by molar-refractivity contribution is 8.00. The first kappa shape index (κ1) is 16.8. The zero-order valence-electron chi connectivity index (χ0n) is 14.3. The molecule has 0 N–H and O–H groups in total. The maximum Gasteiger partial charge on any atom is 0.323 e. The molecule has 26 heavy (non-hydrogen) atoms. The fourth-order valence-corrected chi connectivity index (χ4v) is 4.15. The number of esters is 1. The van der Waals surface area contributed by atoms with E-state index >= 15 is 0 Å². The molecule has 4 rings (SSSR count). The number of para-hydroxylation sites is 1. The van der Waals surface area contributed by atoms with Crippen molar-refractivity contribution < 1.29 is 9.53 Å². The Labute approximate surface area is 155 Å². The predicted molar refractivity (Wildman–Crippen MR) is 101 cm³/mol. The molecule has 1 aliphatic carbocycles. The minimum Gasteiger partial charge on any atom is -0.468 e. The number of rotatable bonds is 5. The molecular formula is C20H18N2O3S. The van der Waals surface area contributed by atoms with Crippen LogP contribution < -0.4 is 5.56 Å². The monoisotopic (exact) mass is 366 g/mol. The molecule has 1 unspecified atom stereocenters. The van der Waals surface area contributed by atoms with Crippen molar-refractivity contribution in [3.05, 3.63) is 70.5 Å². The minimum absolute atomic E-state index is 0.0442. The number of benzene rings is 2. The molecule has 2 aromatic carbocycles. The van der Waals surface area contributed by atoms with Gasteiger partial charge in [0.15, 0.2) is 5.16 Å². The molecule has 1 fully saturated rings. The molecule has 0 aliphatic heterocycles. The molecule has 1 heterocycles. The van der Waals surface area contributed by atoms with Crippen LogP contribution in [0.3, 0.4) is 0 Å². The summed E-state index contributed by atoms with van der Waals surface area (Å²) in [6, 6.07) is 16.9. The van der Waals surface area contributed by atoms with E-state index in [2.05, 4.69) is 0 Å². The normalized spacial score (nSPS) is 15.0. The van der Waals surface area contributed by atoms with Gasteiger partial charge in [0.25, 0.3) is 5.56 Å². The van der Waals surface area contributed by atoms with Crippen LogP contribution in [0.1, 0.15) is 29.7 Å². The Hall–Kier alpha value is -2.60. The van der Waals surface area contributed by atoms with Crippen LogP contribution in [-0.2, 0) is 9.53 Å². The highest BCUT2D eigenvalue weighted by Crippen LogP contribution is 2.41. The SMILES string of the molecule is COC(=O)C(Sc1nc2ccccc2c(=O)n1C1CC1)c1ccccc1. The van der Waals surface area contributed by atoms with Crippen molar-refractivity contribution in [1.29, 1.82) is 0 Å². The van der Waals surface area contributed by atoms with E-state index in [9.17, 15) is 9.59 Å². The van der Waals surface area contributed by atoms with Gasteiger partial charge in [0, 0.05) is 6.04 Å². The fourth-order valence-electron chi connectivity index (χ4n) is 2.96. The third-order valence-electron chi connectivity index (χ3n) is 4.43. The Morgan fingerprint density at radius 2 is 1.85 bits per heavy atom. The molecule has 5 nitrogen and oxygen atoms in total. The van der Waals surface area contributed by atoms with Gasteiger partial charge >= 0.3 is 5.97 Å². The van der Waals surface area contributed by atoms with E-state index in [0.29, 0.717) is 16.1 Å². The molecule has 0 spiro atoms. The molecule has 1 saturated carbocycles. The van der Waals surface area contributed by atoms with E-state index in [1.807, 2.05) is 48.5 Å². The third kappa shape index (κ3) is 3.12. The molecule has 3 aromatic rings. The number of carbonyl (C=O) groups is 1. The van der Waals surface area contributed by atoms with Gasteiger partial charge in [-0.25, -0.2) is 4.98 Å². The van der Waals surface area contributed by atoms with Crippen LogP contribution in [0.15, 0.2) is 64.5 Å². The minimum atomic E-state index is -0.570. The number of nitrogens with zero attached hydrogens (tertiary/aromatic N) is 2. The third-order valence-corrected chi connectivity index (χ3v) is 5.63. The molecule has 1 atom stereocenters. The molecule has 0 amide bonds. The molecule has 0 bridgehead atoms. The quantitative estimate of drug-likeness (QED) is 0.391. The van der Waals surface area contributed by atoms with Crippen LogP contribution in [0.4, 0.5) is 0 Å². The highest BCUT2D eigenvalue weighted by atomic mass is 32.2. The molecule has 132 valence electrons. The summed E-state index contributed by atoms with van der Waals surface area (Å²) in [5.41, 5.74) is 1.43. The Kier molecular flexibility index (Phi) is 4.51. The number of fused-ring (bicyclic) bond motifs is 1. The lowest BCUT2D eigenvalue weighted by atomic mass is 10.1. The standard InChI is InChI=1S/C20H18N2O3S/c1-25-19(24)17(13-7-3-2-4-8-13)26-20-21-16-10-6-5-9-15(16)18(23)22(20)14-11-12-14/h2-10,14,17H,11-12H2,1H3. The number of carbonyl (C=O) groups excluding carboxylic acids is 1. The van der Waals surface area contributed by atoms with Gasteiger partial charge in [-0.05, 0) is 30.5 Å². The van der Waals surface area contributed by atoms with Crippen LogP contribution in [0.5, 0.6) is 0 Å². The smallest absolute Gasteiger partial charge is 0.323 e. The van der Waals surface area contributed by atoms with Crippen LogP contribution >= 0.6 is 11.8 Å². The van der Waals surface area contributed by atoms with Crippen molar-refractivity contribution in [3.63, 3.8) is 0 Å². The molecule has 1 aliphatic rings. The lowest BCUT2D eigenvalue weighted by Gasteiger charge is -2.17. The van der Waals surface area contributed by atoms with Crippen LogP contribution in [0.2, 0.25) is 0 Å². The van der Waals surface area contributed by atoms with E-state index in [1.54, 1.807) is 10.6 Å². The van der Waals surface area contributed by atoms with Crippen molar-refractivity contribution in [3.8, 4) is 0 Å². The highest BCUT2D eigenvalue weighted by Gasteiger charge is 2.31. The first-order valence-electron chi connectivity index (χ1n) is 8.49. The summed E-state index contributed by atoms with van der Waals surface area (Å²) in [7, 11) is 1.38. The van der Waals surface area contributed by atoms with Crippen LogP contribution in [0, 0.1) is 0 Å². The van der Waals surface area contributed by atoms with Crippen LogP contribution in [0.25, 0.3) is 10.9 Å². The first-order chi connectivity index (χ1) is 12.7. The Bertz CT molecular complexity index is 1010. The number of thioether (sulfide) groups is 1. The van der Waals surface area contributed by atoms with E-state index in [4.69, 9.17) is 9.72 Å². The van der Waals surface area contributed by atoms with Crippen molar-refractivity contribution in [2.45, 2.75) is 29.3 Å². The molecular weight excluding hydrogens is 348 g/mol. The Morgan fingerprint density at radius 1 is 1.15 bits per heavy atom. The number of hydrogen-bond acceptors (Lipinski definition) is 5. The zero-order chi connectivity index (χ0) is 18.1. The number of methoxy groups -OCH3 is 1. The molecule has 1 aromatic heterocycles. The largest absolute Gasteiger partial charge is 0.468 e. The van der Waals surface area contributed by atoms with Crippen molar-refractivity contribution in [2.75, 3.05) is 7.11 Å². The van der Waals surface area contributed by atoms with Gasteiger partial charge in [-0.3, -0.25) is 14.2 Å². The average Bonchev–Trinajstić information content (AvgIpc) is 3.51. The average molecular weight is 366 g/mol. The summed E-state index contributed by atoms with van der Waals surface area (Å²) in [6.07, 6.45) is 1.92. The van der Waals surface area contributed by atoms with Gasteiger partial charge in [0.05, 0.1) is 18.0 Å². The lowest BCUT2D eigenvalue weighted by Crippen LogP contribution is -2.23. The van der Waals surface area contributed by atoms with E-state index in [-0.39, 0.29) is 17.6 Å². The number of aromatic nitrogens is 2. The van der Waals surface area contributed by atoms with Gasteiger partial charge in [0.1, 0.15) is 5.25 Å². The Morgan fingerprint density at radius 3 is 2.54 bits per heavy atom. The maximum atomic E-state index is 13.0. The maximum absolute atomic E-state index is 13.0. The number of ether oxygens (including phenoxy) is 1. The van der Waals surface area contributed by atoms with E-state index in [0.717, 1.165) is 18.4 Å². The first-order valence-corrected chi connectivity index (χ1v) is 9.37. The van der Waals surface area contributed by atoms with Gasteiger partial charge in [-0.1, -0.05) is 54.2 Å². The van der Waals surface area contributed by atoms with E-state index < -0.39 is 5.25 Å². The lowest BCUT2D eigenvalue weighted by molar-refractivity contribution is -0.140. The predicted octanol–water partition coefficient (Wildman–Crippen LogP) is 3.74. The topological polar surface area (TPSA) is 61.2 Å². The summed E-state index contributed by atoms with van der Waals surface area (Å²) in [5, 5.41) is 0.604.